The van der Waals surface area contributed by atoms with Crippen LogP contribution in [0.5, 0.6) is 5.75 Å². The summed E-state index contributed by atoms with van der Waals surface area (Å²) >= 11 is 5.89. The summed E-state index contributed by atoms with van der Waals surface area (Å²) in [6.45, 7) is -0.141. The smallest absolute Gasteiger partial charge is 0.434 e. The number of hydrogen-bond acceptors (Lipinski definition) is 6. The number of benzene rings is 2. The lowest BCUT2D eigenvalue weighted by molar-refractivity contribution is -0.384. The predicted octanol–water partition coefficient (Wildman–Crippen LogP) is 3.50. The van der Waals surface area contributed by atoms with Crippen LogP contribution in [0, 0.1) is 10.1 Å². The highest BCUT2D eigenvalue weighted by Gasteiger charge is 2.09. The molecule has 2 rings (SSSR count). The number of halogens is 1. The first kappa shape index (κ1) is 17.7. The highest BCUT2D eigenvalue weighted by atomic mass is 35.5. The van der Waals surface area contributed by atoms with Crippen LogP contribution in [-0.4, -0.2) is 22.8 Å². The van der Waals surface area contributed by atoms with E-state index in [2.05, 4.69) is 0 Å². The summed E-state index contributed by atoms with van der Waals surface area (Å²) in [5, 5.41) is 19.8. The van der Waals surface area contributed by atoms with Gasteiger partial charge in [-0.15, -0.1) is 0 Å². The average molecular weight is 352 g/mol. The van der Waals surface area contributed by atoms with Gasteiger partial charge in [0.25, 0.3) is 5.69 Å². The molecule has 24 heavy (non-hydrogen) atoms. The molecule has 2 aromatic rings. The first-order valence-corrected chi connectivity index (χ1v) is 7.34. The predicted molar refractivity (Wildman–Crippen MR) is 86.2 cm³/mol. The Morgan fingerprint density at radius 2 is 1.92 bits per heavy atom. The normalized spacial score (nSPS) is 10.2. The van der Waals surface area contributed by atoms with E-state index in [0.717, 1.165) is 5.56 Å². The first-order chi connectivity index (χ1) is 11.5. The molecule has 0 aliphatic rings. The molecule has 0 fully saturated rings. The molecule has 0 radical (unpaired) electrons. The lowest BCUT2D eigenvalue weighted by Crippen LogP contribution is -2.12. The van der Waals surface area contributed by atoms with E-state index >= 15 is 0 Å². The van der Waals surface area contributed by atoms with Crippen molar-refractivity contribution in [2.24, 2.45) is 0 Å². The quantitative estimate of drug-likeness (QED) is 0.370. The van der Waals surface area contributed by atoms with Crippen molar-refractivity contribution in [1.82, 2.24) is 0 Å². The number of aliphatic hydroxyl groups excluding tert-OH is 1. The van der Waals surface area contributed by atoms with Crippen LogP contribution in [-0.2, 0) is 17.8 Å². The van der Waals surface area contributed by atoms with E-state index in [0.29, 0.717) is 12.0 Å². The van der Waals surface area contributed by atoms with Crippen molar-refractivity contribution in [3.8, 4) is 5.75 Å². The van der Waals surface area contributed by atoms with Crippen molar-refractivity contribution in [2.45, 2.75) is 13.0 Å². The van der Waals surface area contributed by atoms with Crippen molar-refractivity contribution in [3.05, 3.63) is 68.7 Å². The molecule has 0 saturated heterocycles. The van der Waals surface area contributed by atoms with Crippen LogP contribution in [0.2, 0.25) is 5.02 Å². The van der Waals surface area contributed by atoms with Gasteiger partial charge < -0.3 is 14.6 Å². The summed E-state index contributed by atoms with van der Waals surface area (Å²) in [5.74, 6) is 0.206. The van der Waals surface area contributed by atoms with Gasteiger partial charge in [0.15, 0.2) is 0 Å². The first-order valence-electron chi connectivity index (χ1n) is 6.97. The number of non-ortho nitro benzene ring substituents is 1. The summed E-state index contributed by atoms with van der Waals surface area (Å²) in [6, 6.07) is 10.4. The lowest BCUT2D eigenvalue weighted by atomic mass is 10.1. The SMILES string of the molecule is O=C(OCCc1ccc([N+](=O)[O-])cc1)Oc1ccc(CO)c(Cl)c1. The molecular formula is C16H14ClNO6. The molecule has 0 amide bonds. The zero-order valence-corrected chi connectivity index (χ0v) is 13.2. The minimum absolute atomic E-state index is 0.00211. The van der Waals surface area contributed by atoms with Gasteiger partial charge in [0, 0.05) is 29.6 Å². The number of nitro benzene ring substituents is 1. The third-order valence-corrected chi connectivity index (χ3v) is 3.51. The van der Waals surface area contributed by atoms with Crippen LogP contribution in [0.4, 0.5) is 10.5 Å². The minimum Gasteiger partial charge on any atom is -0.434 e. The van der Waals surface area contributed by atoms with Gasteiger partial charge in [-0.05, 0) is 17.2 Å². The molecule has 0 aromatic heterocycles. The molecule has 0 atom stereocenters. The highest BCUT2D eigenvalue weighted by Crippen LogP contribution is 2.22. The molecule has 0 unspecified atom stereocenters. The Kier molecular flexibility index (Phi) is 6.11. The summed E-state index contributed by atoms with van der Waals surface area (Å²) in [7, 11) is 0. The summed E-state index contributed by atoms with van der Waals surface area (Å²) < 4.78 is 9.90. The average Bonchev–Trinajstić information content (AvgIpc) is 2.55. The molecule has 1 N–H and O–H groups in total. The van der Waals surface area contributed by atoms with E-state index in [1.165, 1.54) is 24.3 Å². The van der Waals surface area contributed by atoms with E-state index in [4.69, 9.17) is 26.2 Å². The molecule has 0 aliphatic carbocycles. The van der Waals surface area contributed by atoms with Gasteiger partial charge in [0.05, 0.1) is 18.1 Å². The zero-order chi connectivity index (χ0) is 17.5. The fourth-order valence-electron chi connectivity index (χ4n) is 1.88. The number of aliphatic hydroxyl groups is 1. The maximum absolute atomic E-state index is 11.6. The lowest BCUT2D eigenvalue weighted by Gasteiger charge is -2.07. The Morgan fingerprint density at radius 3 is 2.50 bits per heavy atom. The van der Waals surface area contributed by atoms with Gasteiger partial charge in [-0.1, -0.05) is 29.8 Å². The van der Waals surface area contributed by atoms with Crippen LogP contribution >= 0.6 is 11.6 Å². The summed E-state index contributed by atoms with van der Waals surface area (Å²) in [6.07, 6.45) is -0.484. The number of nitrogens with zero attached hydrogens (tertiary/aromatic N) is 1. The van der Waals surface area contributed by atoms with Crippen LogP contribution < -0.4 is 4.74 Å². The van der Waals surface area contributed by atoms with Gasteiger partial charge in [-0.25, -0.2) is 4.79 Å². The zero-order valence-electron chi connectivity index (χ0n) is 12.5. The van der Waals surface area contributed by atoms with E-state index < -0.39 is 11.1 Å². The Hall–Kier alpha value is -2.64. The maximum Gasteiger partial charge on any atom is 0.513 e. The maximum atomic E-state index is 11.6. The van der Waals surface area contributed by atoms with Crippen LogP contribution in [0.1, 0.15) is 11.1 Å². The molecule has 8 heteroatoms. The molecule has 0 heterocycles. The molecule has 0 aliphatic heterocycles. The topological polar surface area (TPSA) is 98.9 Å². The Morgan fingerprint density at radius 1 is 1.21 bits per heavy atom. The molecule has 2 aromatic carbocycles. The number of carbonyl (C=O) groups is 1. The van der Waals surface area contributed by atoms with Crippen molar-refractivity contribution in [1.29, 1.82) is 0 Å². The molecule has 126 valence electrons. The highest BCUT2D eigenvalue weighted by molar-refractivity contribution is 6.31. The molecule has 0 saturated carbocycles. The van der Waals surface area contributed by atoms with Crippen molar-refractivity contribution in [2.75, 3.05) is 6.61 Å². The second kappa shape index (κ2) is 8.28. The third-order valence-electron chi connectivity index (χ3n) is 3.15. The molecule has 0 spiro atoms. The molecule has 7 nitrogen and oxygen atoms in total. The van der Waals surface area contributed by atoms with E-state index in [-0.39, 0.29) is 29.7 Å². The summed E-state index contributed by atoms with van der Waals surface area (Å²) in [5.41, 5.74) is 1.32. The number of ether oxygens (including phenoxy) is 2. The standard InChI is InChI=1S/C16H14ClNO6/c17-15-9-14(6-3-12(15)10-19)24-16(20)23-8-7-11-1-4-13(5-2-11)18(21)22/h1-6,9,19H,7-8,10H2. The number of nitro groups is 1. The summed E-state index contributed by atoms with van der Waals surface area (Å²) in [4.78, 5) is 21.7. The van der Waals surface area contributed by atoms with Gasteiger partial charge in [-0.2, -0.15) is 0 Å². The monoisotopic (exact) mass is 351 g/mol. The molecule has 0 bridgehead atoms. The fourth-order valence-corrected chi connectivity index (χ4v) is 2.11. The van der Waals surface area contributed by atoms with Crippen molar-refractivity contribution in [3.63, 3.8) is 0 Å². The van der Waals surface area contributed by atoms with E-state index in [1.54, 1.807) is 18.2 Å². The van der Waals surface area contributed by atoms with Crippen molar-refractivity contribution < 1.29 is 24.3 Å². The van der Waals surface area contributed by atoms with Gasteiger partial charge in [0.1, 0.15) is 5.75 Å². The largest absolute Gasteiger partial charge is 0.513 e. The third kappa shape index (κ3) is 4.94. The second-order valence-corrected chi connectivity index (χ2v) is 5.19. The van der Waals surface area contributed by atoms with Gasteiger partial charge in [-0.3, -0.25) is 10.1 Å². The van der Waals surface area contributed by atoms with E-state index in [9.17, 15) is 14.9 Å². The van der Waals surface area contributed by atoms with Crippen LogP contribution in [0.15, 0.2) is 42.5 Å². The number of rotatable bonds is 6. The van der Waals surface area contributed by atoms with E-state index in [1.807, 2.05) is 0 Å². The Balaban J connectivity index is 1.80. The Labute approximate surface area is 142 Å². The van der Waals surface area contributed by atoms with Crippen LogP contribution in [0.3, 0.4) is 0 Å². The fraction of sp³-hybridized carbons (Fsp3) is 0.188. The van der Waals surface area contributed by atoms with Gasteiger partial charge >= 0.3 is 6.16 Å². The minimum atomic E-state index is -0.885. The van der Waals surface area contributed by atoms with Gasteiger partial charge in [0.2, 0.25) is 0 Å². The van der Waals surface area contributed by atoms with Crippen molar-refractivity contribution >= 4 is 23.4 Å². The number of hydrogen-bond donors (Lipinski definition) is 1. The second-order valence-electron chi connectivity index (χ2n) is 4.79. The van der Waals surface area contributed by atoms with Crippen LogP contribution in [0.25, 0.3) is 0 Å². The Bertz CT molecular complexity index is 732. The number of carbonyl (C=O) groups excluding carboxylic acids is 1. The molecular weight excluding hydrogens is 338 g/mol.